The lowest BCUT2D eigenvalue weighted by atomic mass is 9.78. The number of rotatable bonds is 4. The third kappa shape index (κ3) is 2.81. The van der Waals surface area contributed by atoms with Gasteiger partial charge in [0.2, 0.25) is 0 Å². The molecule has 3 heteroatoms. The molecular weight excluding hydrogens is 154 g/mol. The highest BCUT2D eigenvalue weighted by atomic mass is 16.5. The number of carbonyl (C=O) groups is 1. The highest BCUT2D eigenvalue weighted by molar-refractivity contribution is 5.69. The molecule has 0 aromatic heterocycles. The Kier molecular flexibility index (Phi) is 3.53. The first-order chi connectivity index (χ1) is 5.72. The Morgan fingerprint density at radius 2 is 2.25 bits per heavy atom. The molecule has 0 unspecified atom stereocenters. The van der Waals surface area contributed by atoms with Crippen molar-refractivity contribution >= 4 is 5.97 Å². The average molecular weight is 171 g/mol. The molecule has 1 rings (SSSR count). The fraction of sp³-hybridized carbons (Fsp3) is 0.889. The van der Waals surface area contributed by atoms with Gasteiger partial charge in [-0.3, -0.25) is 4.79 Å². The molecule has 3 nitrogen and oxygen atoms in total. The first kappa shape index (κ1) is 9.52. The second-order valence-electron chi connectivity index (χ2n) is 3.44. The van der Waals surface area contributed by atoms with E-state index in [1.165, 1.54) is 0 Å². The zero-order chi connectivity index (χ0) is 8.97. The Bertz CT molecular complexity index is 153. The number of nitrogens with two attached hydrogens (primary N) is 1. The van der Waals surface area contributed by atoms with Gasteiger partial charge in [-0.2, -0.15) is 0 Å². The molecular formula is C9H17NO2. The lowest BCUT2D eigenvalue weighted by molar-refractivity contribution is -0.143. The van der Waals surface area contributed by atoms with Crippen LogP contribution < -0.4 is 5.73 Å². The van der Waals surface area contributed by atoms with Crippen LogP contribution in [-0.4, -0.2) is 18.6 Å². The summed E-state index contributed by atoms with van der Waals surface area (Å²) in [6.45, 7) is 2.32. The van der Waals surface area contributed by atoms with Crippen molar-refractivity contribution in [3.8, 4) is 0 Å². The highest BCUT2D eigenvalue weighted by Gasteiger charge is 2.25. The van der Waals surface area contributed by atoms with E-state index in [9.17, 15) is 4.79 Å². The maximum atomic E-state index is 10.9. The van der Waals surface area contributed by atoms with E-state index in [0.29, 0.717) is 25.0 Å². The summed E-state index contributed by atoms with van der Waals surface area (Å²) in [5.74, 6) is 0.599. The molecule has 0 aromatic rings. The molecule has 1 aliphatic carbocycles. The molecule has 0 aliphatic heterocycles. The normalized spacial score (nSPS) is 27.8. The van der Waals surface area contributed by atoms with Crippen molar-refractivity contribution in [2.75, 3.05) is 6.61 Å². The highest BCUT2D eigenvalue weighted by Crippen LogP contribution is 2.29. The van der Waals surface area contributed by atoms with Gasteiger partial charge < -0.3 is 10.5 Å². The quantitative estimate of drug-likeness (QED) is 0.644. The molecule has 0 saturated heterocycles. The van der Waals surface area contributed by atoms with Crippen LogP contribution in [0.15, 0.2) is 0 Å². The zero-order valence-electron chi connectivity index (χ0n) is 7.58. The largest absolute Gasteiger partial charge is 0.466 e. The Labute approximate surface area is 73.3 Å². The summed E-state index contributed by atoms with van der Waals surface area (Å²) in [6.07, 6.45) is 3.68. The van der Waals surface area contributed by atoms with Gasteiger partial charge in [0.1, 0.15) is 0 Å². The lowest BCUT2D eigenvalue weighted by Crippen LogP contribution is -2.36. The minimum absolute atomic E-state index is 0.0713. The summed E-state index contributed by atoms with van der Waals surface area (Å²) in [4.78, 5) is 10.9. The Morgan fingerprint density at radius 3 is 2.75 bits per heavy atom. The molecule has 0 amide bonds. The maximum Gasteiger partial charge on any atom is 0.305 e. The van der Waals surface area contributed by atoms with E-state index in [4.69, 9.17) is 10.5 Å². The van der Waals surface area contributed by atoms with Crippen LogP contribution in [0.4, 0.5) is 0 Å². The number of hydrogen-bond acceptors (Lipinski definition) is 3. The summed E-state index contributed by atoms with van der Waals surface area (Å²) in [5.41, 5.74) is 5.62. The Morgan fingerprint density at radius 1 is 1.58 bits per heavy atom. The molecule has 0 radical (unpaired) electrons. The van der Waals surface area contributed by atoms with Crippen LogP contribution in [0.25, 0.3) is 0 Å². The van der Waals surface area contributed by atoms with E-state index in [1.807, 2.05) is 6.92 Å². The van der Waals surface area contributed by atoms with Crippen LogP contribution >= 0.6 is 0 Å². The predicted octanol–water partition coefficient (Wildman–Crippen LogP) is 1.07. The van der Waals surface area contributed by atoms with E-state index in [0.717, 1.165) is 19.3 Å². The van der Waals surface area contributed by atoms with E-state index >= 15 is 0 Å². The van der Waals surface area contributed by atoms with Crippen LogP contribution in [0.3, 0.4) is 0 Å². The Balaban J connectivity index is 1.98. The van der Waals surface area contributed by atoms with Crippen LogP contribution in [0.2, 0.25) is 0 Å². The zero-order valence-corrected chi connectivity index (χ0v) is 7.58. The molecule has 2 N–H and O–H groups in total. The fourth-order valence-corrected chi connectivity index (χ4v) is 1.58. The van der Waals surface area contributed by atoms with Gasteiger partial charge in [-0.25, -0.2) is 0 Å². The molecule has 70 valence electrons. The van der Waals surface area contributed by atoms with Crippen LogP contribution in [-0.2, 0) is 9.53 Å². The van der Waals surface area contributed by atoms with Crippen molar-refractivity contribution in [2.24, 2.45) is 11.7 Å². The van der Waals surface area contributed by atoms with Crippen LogP contribution in [0, 0.1) is 5.92 Å². The van der Waals surface area contributed by atoms with Gasteiger partial charge in [-0.05, 0) is 32.1 Å². The van der Waals surface area contributed by atoms with E-state index < -0.39 is 0 Å². The lowest BCUT2D eigenvalue weighted by Gasteiger charge is -2.32. The van der Waals surface area contributed by atoms with Crippen molar-refractivity contribution in [3.05, 3.63) is 0 Å². The minimum Gasteiger partial charge on any atom is -0.466 e. The summed E-state index contributed by atoms with van der Waals surface area (Å²) >= 11 is 0. The molecule has 0 bridgehead atoms. The van der Waals surface area contributed by atoms with Gasteiger partial charge in [0.25, 0.3) is 0 Å². The molecule has 1 fully saturated rings. The molecule has 0 atom stereocenters. The van der Waals surface area contributed by atoms with Gasteiger partial charge in [-0.15, -0.1) is 0 Å². The molecule has 1 aliphatic rings. The van der Waals surface area contributed by atoms with Gasteiger partial charge in [-0.1, -0.05) is 0 Å². The van der Waals surface area contributed by atoms with Gasteiger partial charge in [0.15, 0.2) is 0 Å². The van der Waals surface area contributed by atoms with Crippen LogP contribution in [0.5, 0.6) is 0 Å². The fourth-order valence-electron chi connectivity index (χ4n) is 1.58. The summed E-state index contributed by atoms with van der Waals surface area (Å²) in [5, 5.41) is 0. The number of esters is 1. The topological polar surface area (TPSA) is 52.3 Å². The van der Waals surface area contributed by atoms with E-state index in [1.54, 1.807) is 0 Å². The van der Waals surface area contributed by atoms with Gasteiger partial charge in [0, 0.05) is 12.5 Å². The number of hydrogen-bond donors (Lipinski definition) is 1. The molecule has 0 spiro atoms. The van der Waals surface area contributed by atoms with E-state index in [2.05, 4.69) is 0 Å². The van der Waals surface area contributed by atoms with Crippen molar-refractivity contribution in [1.29, 1.82) is 0 Å². The number of carbonyl (C=O) groups excluding carboxylic acids is 1. The maximum absolute atomic E-state index is 10.9. The average Bonchev–Trinajstić information content (AvgIpc) is 1.96. The molecule has 1 saturated carbocycles. The first-order valence-corrected chi connectivity index (χ1v) is 4.63. The van der Waals surface area contributed by atoms with Crippen molar-refractivity contribution < 1.29 is 9.53 Å². The predicted molar refractivity (Wildman–Crippen MR) is 46.6 cm³/mol. The SMILES string of the molecule is CCOC(=O)CCC1CC(N)C1. The van der Waals surface area contributed by atoms with Crippen LogP contribution in [0.1, 0.15) is 32.6 Å². The summed E-state index contributed by atoms with van der Waals surface area (Å²) in [6, 6.07) is 0.386. The number of ether oxygens (including phenoxy) is 1. The molecule has 0 heterocycles. The van der Waals surface area contributed by atoms with Crippen molar-refractivity contribution in [1.82, 2.24) is 0 Å². The summed E-state index contributed by atoms with van der Waals surface area (Å²) in [7, 11) is 0. The molecule has 12 heavy (non-hydrogen) atoms. The monoisotopic (exact) mass is 171 g/mol. The third-order valence-electron chi connectivity index (χ3n) is 2.33. The van der Waals surface area contributed by atoms with Crippen molar-refractivity contribution in [3.63, 3.8) is 0 Å². The molecule has 0 aromatic carbocycles. The standard InChI is InChI=1S/C9H17NO2/c1-2-12-9(11)4-3-7-5-8(10)6-7/h7-8H,2-6,10H2,1H3. The van der Waals surface area contributed by atoms with Crippen molar-refractivity contribution in [2.45, 2.75) is 38.6 Å². The summed E-state index contributed by atoms with van der Waals surface area (Å²) < 4.78 is 4.82. The smallest absolute Gasteiger partial charge is 0.305 e. The minimum atomic E-state index is -0.0713. The third-order valence-corrected chi connectivity index (χ3v) is 2.33. The first-order valence-electron chi connectivity index (χ1n) is 4.63. The second kappa shape index (κ2) is 4.45. The van der Waals surface area contributed by atoms with Gasteiger partial charge >= 0.3 is 5.97 Å². The second-order valence-corrected chi connectivity index (χ2v) is 3.44. The van der Waals surface area contributed by atoms with E-state index in [-0.39, 0.29) is 5.97 Å². The Hall–Kier alpha value is -0.570. The van der Waals surface area contributed by atoms with Gasteiger partial charge in [0.05, 0.1) is 6.61 Å².